The molecule has 0 spiro atoms. The van der Waals surface area contributed by atoms with Crippen molar-refractivity contribution >= 4 is 5.97 Å². The van der Waals surface area contributed by atoms with Crippen LogP contribution in [0.3, 0.4) is 0 Å². The first kappa shape index (κ1) is 24.5. The van der Waals surface area contributed by atoms with Gasteiger partial charge in [-0.2, -0.15) is 0 Å². The predicted molar refractivity (Wildman–Crippen MR) is 111 cm³/mol. The lowest BCUT2D eigenvalue weighted by Crippen LogP contribution is -1.92. The van der Waals surface area contributed by atoms with Gasteiger partial charge in [0.25, 0.3) is 0 Å². The third-order valence-corrected chi connectivity index (χ3v) is 4.39. The van der Waals surface area contributed by atoms with E-state index in [1.165, 1.54) is 43.2 Å². The van der Waals surface area contributed by atoms with E-state index in [1.54, 1.807) is 0 Å². The molecular weight excluding hydrogens is 324 g/mol. The van der Waals surface area contributed by atoms with E-state index < -0.39 is 5.97 Å². The zero-order chi connectivity index (χ0) is 19.8. The molecule has 3 nitrogen and oxygen atoms in total. The van der Waals surface area contributed by atoms with Crippen molar-refractivity contribution in [1.82, 2.24) is 0 Å². The van der Waals surface area contributed by atoms with Crippen molar-refractivity contribution in [3.63, 3.8) is 0 Å². The number of aliphatic carboxylic acids is 1. The van der Waals surface area contributed by atoms with Gasteiger partial charge in [-0.3, -0.25) is 4.79 Å². The van der Waals surface area contributed by atoms with Crippen molar-refractivity contribution in [3.05, 3.63) is 29.3 Å². The second-order valence-corrected chi connectivity index (χ2v) is 7.35. The van der Waals surface area contributed by atoms with Crippen LogP contribution < -0.4 is 4.74 Å². The van der Waals surface area contributed by atoms with E-state index in [1.807, 2.05) is 6.92 Å². The van der Waals surface area contributed by atoms with Gasteiger partial charge in [0, 0.05) is 6.42 Å². The molecule has 1 aromatic carbocycles. The first-order valence-electron chi connectivity index (χ1n) is 10.3. The highest BCUT2D eigenvalue weighted by Crippen LogP contribution is 2.23. The lowest BCUT2D eigenvalue weighted by molar-refractivity contribution is -0.137. The Morgan fingerprint density at radius 1 is 1.04 bits per heavy atom. The Morgan fingerprint density at radius 3 is 2.00 bits per heavy atom. The number of carboxylic acid groups (broad SMARTS) is 1. The standard InChI is InChI=1S/C10H14O.C7H14O2.C6H12/c1-4-11-10-6-8(2)5-9(3)7-10;1-2-3-4-5-6-7(8)9;1-6-4-2-3-5-6/h5-7H,4H2,1-3H3;2-6H2,1H3,(H,8,9);6H,2-5H2,1H3. The number of hydrogen-bond donors (Lipinski definition) is 1. The van der Waals surface area contributed by atoms with Crippen molar-refractivity contribution < 1.29 is 14.6 Å². The van der Waals surface area contributed by atoms with Crippen molar-refractivity contribution in [2.75, 3.05) is 6.61 Å². The van der Waals surface area contributed by atoms with Gasteiger partial charge in [0.2, 0.25) is 0 Å². The molecule has 3 heteroatoms. The van der Waals surface area contributed by atoms with Gasteiger partial charge in [0.05, 0.1) is 6.61 Å². The molecule has 0 amide bonds. The quantitative estimate of drug-likeness (QED) is 0.533. The van der Waals surface area contributed by atoms with Gasteiger partial charge >= 0.3 is 5.97 Å². The Bertz CT molecular complexity index is 456. The molecule has 0 aromatic heterocycles. The van der Waals surface area contributed by atoms with Crippen LogP contribution in [0.15, 0.2) is 18.2 Å². The Kier molecular flexibility index (Phi) is 14.8. The molecule has 150 valence electrons. The van der Waals surface area contributed by atoms with Gasteiger partial charge in [-0.15, -0.1) is 0 Å². The highest BCUT2D eigenvalue weighted by atomic mass is 16.5. The molecule has 0 bridgehead atoms. The third kappa shape index (κ3) is 14.8. The first-order chi connectivity index (χ1) is 12.4. The van der Waals surface area contributed by atoms with Gasteiger partial charge in [-0.1, -0.05) is 64.9 Å². The molecule has 1 saturated carbocycles. The molecule has 0 radical (unpaired) electrons. The molecule has 2 rings (SSSR count). The van der Waals surface area contributed by atoms with Crippen LogP contribution in [0, 0.1) is 19.8 Å². The lowest BCUT2D eigenvalue weighted by Gasteiger charge is -2.04. The summed E-state index contributed by atoms with van der Waals surface area (Å²) in [4.78, 5) is 9.96. The van der Waals surface area contributed by atoms with Gasteiger partial charge < -0.3 is 9.84 Å². The smallest absolute Gasteiger partial charge is 0.303 e. The number of benzene rings is 1. The molecule has 0 unspecified atom stereocenters. The second kappa shape index (κ2) is 15.7. The monoisotopic (exact) mass is 364 g/mol. The average molecular weight is 365 g/mol. The molecule has 26 heavy (non-hydrogen) atoms. The number of ether oxygens (including phenoxy) is 1. The van der Waals surface area contributed by atoms with Gasteiger partial charge in [0.1, 0.15) is 5.75 Å². The highest BCUT2D eigenvalue weighted by Gasteiger charge is 2.07. The minimum Gasteiger partial charge on any atom is -0.494 e. The van der Waals surface area contributed by atoms with Crippen LogP contribution in [0.2, 0.25) is 0 Å². The maximum atomic E-state index is 9.96. The van der Waals surface area contributed by atoms with Crippen LogP contribution in [-0.2, 0) is 4.79 Å². The zero-order valence-corrected chi connectivity index (χ0v) is 17.6. The topological polar surface area (TPSA) is 46.5 Å². The summed E-state index contributed by atoms with van der Waals surface area (Å²) in [7, 11) is 0. The Morgan fingerprint density at radius 2 is 1.62 bits per heavy atom. The van der Waals surface area contributed by atoms with Gasteiger partial charge in [-0.25, -0.2) is 0 Å². The minimum atomic E-state index is -0.675. The number of hydrogen-bond acceptors (Lipinski definition) is 2. The summed E-state index contributed by atoms with van der Waals surface area (Å²) in [5.41, 5.74) is 2.52. The third-order valence-electron chi connectivity index (χ3n) is 4.39. The van der Waals surface area contributed by atoms with Crippen LogP contribution in [0.4, 0.5) is 0 Å². The molecule has 1 aromatic rings. The molecule has 0 aliphatic heterocycles. The van der Waals surface area contributed by atoms with Crippen LogP contribution in [0.25, 0.3) is 0 Å². The summed E-state index contributed by atoms with van der Waals surface area (Å²) in [5, 5.41) is 8.21. The molecule has 0 saturated heterocycles. The van der Waals surface area contributed by atoms with E-state index in [9.17, 15) is 4.79 Å². The Balaban J connectivity index is 0.000000376. The van der Waals surface area contributed by atoms with E-state index in [0.717, 1.165) is 37.5 Å². The van der Waals surface area contributed by atoms with Crippen molar-refractivity contribution in [2.45, 2.75) is 92.4 Å². The molecule has 0 heterocycles. The van der Waals surface area contributed by atoms with Crippen LogP contribution >= 0.6 is 0 Å². The van der Waals surface area contributed by atoms with E-state index in [4.69, 9.17) is 9.84 Å². The van der Waals surface area contributed by atoms with E-state index in [2.05, 4.69) is 45.9 Å². The first-order valence-corrected chi connectivity index (χ1v) is 10.3. The number of rotatable bonds is 7. The second-order valence-electron chi connectivity index (χ2n) is 7.35. The maximum absolute atomic E-state index is 9.96. The van der Waals surface area contributed by atoms with E-state index >= 15 is 0 Å². The average Bonchev–Trinajstić information content (AvgIpc) is 3.03. The Labute approximate surface area is 161 Å². The predicted octanol–water partition coefficient (Wildman–Crippen LogP) is 6.94. The van der Waals surface area contributed by atoms with E-state index in [-0.39, 0.29) is 0 Å². The fraction of sp³-hybridized carbons (Fsp3) is 0.696. The number of aryl methyl sites for hydroxylation is 2. The summed E-state index contributed by atoms with van der Waals surface area (Å²) in [6.45, 7) is 11.3. The summed E-state index contributed by atoms with van der Waals surface area (Å²) in [6.07, 6.45) is 10.5. The fourth-order valence-electron chi connectivity index (χ4n) is 3.02. The van der Waals surface area contributed by atoms with Crippen LogP contribution in [-0.4, -0.2) is 17.7 Å². The molecular formula is C23H40O3. The summed E-state index contributed by atoms with van der Waals surface area (Å²) in [5.74, 6) is 1.35. The maximum Gasteiger partial charge on any atom is 0.303 e. The zero-order valence-electron chi connectivity index (χ0n) is 17.6. The van der Waals surface area contributed by atoms with Gasteiger partial charge in [0.15, 0.2) is 0 Å². The normalized spacial score (nSPS) is 13.3. The SMILES string of the molecule is CC1CCCC1.CCCCCCC(=O)O.CCOc1cc(C)cc(C)c1. The summed E-state index contributed by atoms with van der Waals surface area (Å²) >= 11 is 0. The van der Waals surface area contributed by atoms with Gasteiger partial charge in [-0.05, 0) is 56.4 Å². The summed E-state index contributed by atoms with van der Waals surface area (Å²) in [6, 6.07) is 6.25. The number of carbonyl (C=O) groups is 1. The summed E-state index contributed by atoms with van der Waals surface area (Å²) < 4.78 is 5.37. The van der Waals surface area contributed by atoms with Crippen LogP contribution in [0.5, 0.6) is 5.75 Å². The molecule has 0 atom stereocenters. The minimum absolute atomic E-state index is 0.333. The van der Waals surface area contributed by atoms with Crippen molar-refractivity contribution in [2.24, 2.45) is 5.92 Å². The van der Waals surface area contributed by atoms with Crippen molar-refractivity contribution in [1.29, 1.82) is 0 Å². The number of carboxylic acids is 1. The molecule has 1 fully saturated rings. The fourth-order valence-corrected chi connectivity index (χ4v) is 3.02. The lowest BCUT2D eigenvalue weighted by atomic mass is 10.1. The van der Waals surface area contributed by atoms with Crippen molar-refractivity contribution in [3.8, 4) is 5.75 Å². The van der Waals surface area contributed by atoms with E-state index in [0.29, 0.717) is 6.42 Å². The molecule has 1 aliphatic carbocycles. The Hall–Kier alpha value is -1.51. The highest BCUT2D eigenvalue weighted by molar-refractivity contribution is 5.66. The largest absolute Gasteiger partial charge is 0.494 e. The number of unbranched alkanes of at least 4 members (excludes halogenated alkanes) is 3. The molecule has 1 aliphatic rings. The molecule has 1 N–H and O–H groups in total. The van der Waals surface area contributed by atoms with Crippen LogP contribution in [0.1, 0.15) is 89.7 Å².